The predicted molar refractivity (Wildman–Crippen MR) is 106 cm³/mol. The maximum atomic E-state index is 12.3. The monoisotopic (exact) mass is 372 g/mol. The molecule has 0 bridgehead atoms. The van der Waals surface area contributed by atoms with Crippen LogP contribution < -0.4 is 0 Å². The summed E-state index contributed by atoms with van der Waals surface area (Å²) in [5.74, 6) is 2.46. The maximum Gasteiger partial charge on any atom is 0.306 e. The highest BCUT2D eigenvalue weighted by Crippen LogP contribution is 2.65. The lowest BCUT2D eigenvalue weighted by Gasteiger charge is -2.57. The number of esters is 1. The Morgan fingerprint density at radius 3 is 2.70 bits per heavy atom. The van der Waals surface area contributed by atoms with E-state index < -0.39 is 0 Å². The van der Waals surface area contributed by atoms with Gasteiger partial charge in [-0.3, -0.25) is 9.59 Å². The molecule has 0 N–H and O–H groups in total. The van der Waals surface area contributed by atoms with Crippen molar-refractivity contribution >= 4 is 11.8 Å². The number of carbonyl (C=O) groups is 2. The van der Waals surface area contributed by atoms with Crippen LogP contribution in [0.5, 0.6) is 0 Å². The topological polar surface area (TPSA) is 43.4 Å². The first-order valence-electron chi connectivity index (χ1n) is 11.3. The average Bonchev–Trinajstić information content (AvgIpc) is 2.97. The fourth-order valence-corrected chi connectivity index (χ4v) is 7.24. The van der Waals surface area contributed by atoms with Crippen LogP contribution in [0.25, 0.3) is 0 Å². The quantitative estimate of drug-likeness (QED) is 0.602. The van der Waals surface area contributed by atoms with Crippen molar-refractivity contribution < 1.29 is 14.3 Å². The van der Waals surface area contributed by atoms with Crippen LogP contribution >= 0.6 is 0 Å². The van der Waals surface area contributed by atoms with Crippen molar-refractivity contribution in [1.82, 2.24) is 0 Å². The first-order chi connectivity index (χ1) is 12.9. The summed E-state index contributed by atoms with van der Waals surface area (Å²) >= 11 is 0. The number of hydrogen-bond acceptors (Lipinski definition) is 3. The van der Waals surface area contributed by atoms with Crippen molar-refractivity contribution in [2.45, 2.75) is 97.5 Å². The van der Waals surface area contributed by atoms with Crippen molar-refractivity contribution in [3.8, 4) is 0 Å². The Kier molecular flexibility index (Phi) is 5.01. The Hall–Kier alpha value is -1.12. The second kappa shape index (κ2) is 7.04. The average molecular weight is 373 g/mol. The Balaban J connectivity index is 1.51. The van der Waals surface area contributed by atoms with Crippen molar-refractivity contribution in [3.05, 3.63) is 11.6 Å². The normalized spacial score (nSPS) is 43.4. The van der Waals surface area contributed by atoms with Gasteiger partial charge in [-0.05, 0) is 80.6 Å². The fraction of sp³-hybridized carbons (Fsp3) is 0.833. The Labute approximate surface area is 164 Å². The van der Waals surface area contributed by atoms with Crippen LogP contribution in [0.4, 0.5) is 0 Å². The maximum absolute atomic E-state index is 12.3. The molecule has 27 heavy (non-hydrogen) atoms. The zero-order chi connectivity index (χ0) is 19.2. The van der Waals surface area contributed by atoms with E-state index in [0.29, 0.717) is 24.0 Å². The van der Waals surface area contributed by atoms with Gasteiger partial charge in [-0.2, -0.15) is 0 Å². The molecule has 3 saturated carbocycles. The number of hydrogen-bond donors (Lipinski definition) is 0. The number of ketones is 1. The summed E-state index contributed by atoms with van der Waals surface area (Å²) in [6.45, 7) is 6.95. The lowest BCUT2D eigenvalue weighted by Crippen LogP contribution is -2.51. The highest BCUT2D eigenvalue weighted by molar-refractivity contribution is 5.91. The van der Waals surface area contributed by atoms with Gasteiger partial charge in [0.2, 0.25) is 0 Å². The van der Waals surface area contributed by atoms with Gasteiger partial charge >= 0.3 is 5.97 Å². The molecule has 4 rings (SSSR count). The Bertz CT molecular complexity index is 650. The third kappa shape index (κ3) is 3.09. The van der Waals surface area contributed by atoms with Gasteiger partial charge in [0, 0.05) is 18.3 Å². The standard InChI is InChI=1S/C24H36O3/c1-4-5-6-22(26)27-21-10-9-19-18-8-7-16-15-17(25)11-13-23(16,2)20(18)12-14-24(19,21)3/h15,18-21H,4-14H2,1-3H3/t18-,19-,20-,21+,23+,24+/m1/s1. The van der Waals surface area contributed by atoms with Gasteiger partial charge < -0.3 is 4.74 Å². The van der Waals surface area contributed by atoms with Crippen LogP contribution in [0, 0.1) is 28.6 Å². The molecular weight excluding hydrogens is 336 g/mol. The molecule has 0 heterocycles. The first kappa shape index (κ1) is 19.2. The molecule has 3 fully saturated rings. The molecule has 6 atom stereocenters. The van der Waals surface area contributed by atoms with Gasteiger partial charge in [0.25, 0.3) is 0 Å². The number of fused-ring (bicyclic) bond motifs is 5. The molecule has 0 aromatic rings. The van der Waals surface area contributed by atoms with E-state index in [1.54, 1.807) is 0 Å². The third-order valence-electron chi connectivity index (χ3n) is 8.88. The molecule has 0 aromatic carbocycles. The van der Waals surface area contributed by atoms with Gasteiger partial charge in [-0.25, -0.2) is 0 Å². The largest absolute Gasteiger partial charge is 0.462 e. The second-order valence-electron chi connectivity index (χ2n) is 10.2. The molecular formula is C24H36O3. The number of allylic oxidation sites excluding steroid dienone is 1. The number of unbranched alkanes of at least 4 members (excludes halogenated alkanes) is 1. The summed E-state index contributed by atoms with van der Waals surface area (Å²) in [6.07, 6.45) is 13.4. The summed E-state index contributed by atoms with van der Waals surface area (Å²) in [5, 5.41) is 0. The molecule has 0 amide bonds. The van der Waals surface area contributed by atoms with E-state index in [1.165, 1.54) is 31.3 Å². The Morgan fingerprint density at radius 1 is 1.11 bits per heavy atom. The molecule has 0 radical (unpaired) electrons. The number of ether oxygens (including phenoxy) is 1. The summed E-state index contributed by atoms with van der Waals surface area (Å²) in [7, 11) is 0. The third-order valence-corrected chi connectivity index (χ3v) is 8.88. The molecule has 150 valence electrons. The van der Waals surface area contributed by atoms with E-state index >= 15 is 0 Å². The van der Waals surface area contributed by atoms with Crippen LogP contribution in [0.3, 0.4) is 0 Å². The molecule has 0 aromatic heterocycles. The second-order valence-corrected chi connectivity index (χ2v) is 10.2. The summed E-state index contributed by atoms with van der Waals surface area (Å²) in [4.78, 5) is 24.2. The predicted octanol–water partition coefficient (Wildman–Crippen LogP) is 5.62. The van der Waals surface area contributed by atoms with E-state index in [1.807, 2.05) is 6.08 Å². The van der Waals surface area contributed by atoms with E-state index in [2.05, 4.69) is 20.8 Å². The van der Waals surface area contributed by atoms with Crippen molar-refractivity contribution in [1.29, 1.82) is 0 Å². The molecule has 3 nitrogen and oxygen atoms in total. The highest BCUT2D eigenvalue weighted by Gasteiger charge is 2.59. The van der Waals surface area contributed by atoms with Gasteiger partial charge in [-0.15, -0.1) is 0 Å². The van der Waals surface area contributed by atoms with Crippen molar-refractivity contribution in [2.75, 3.05) is 0 Å². The van der Waals surface area contributed by atoms with E-state index in [-0.39, 0.29) is 22.9 Å². The van der Waals surface area contributed by atoms with Crippen LogP contribution in [0.2, 0.25) is 0 Å². The minimum absolute atomic E-state index is 0.0115. The van der Waals surface area contributed by atoms with Gasteiger partial charge in [0.15, 0.2) is 5.78 Å². The fourth-order valence-electron chi connectivity index (χ4n) is 7.24. The molecule has 0 unspecified atom stereocenters. The summed E-state index contributed by atoms with van der Waals surface area (Å²) in [6, 6.07) is 0. The SMILES string of the molecule is CCCCC(=O)O[C@H]1CC[C@@H]2[C@H]3CCC4=CC(=O)CC[C@]4(C)[C@@H]3CC[C@]12C. The van der Waals surface area contributed by atoms with Gasteiger partial charge in [0.05, 0.1) is 0 Å². The molecule has 0 saturated heterocycles. The molecule has 3 heteroatoms. The highest BCUT2D eigenvalue weighted by atomic mass is 16.5. The number of carbonyl (C=O) groups excluding carboxylic acids is 2. The molecule has 0 aliphatic heterocycles. The lowest BCUT2D eigenvalue weighted by atomic mass is 9.47. The van der Waals surface area contributed by atoms with Gasteiger partial charge in [0.1, 0.15) is 6.10 Å². The molecule has 0 spiro atoms. The summed E-state index contributed by atoms with van der Waals surface area (Å²) < 4.78 is 6.02. The molecule has 4 aliphatic carbocycles. The molecule has 4 aliphatic rings. The van der Waals surface area contributed by atoms with Crippen molar-refractivity contribution in [3.63, 3.8) is 0 Å². The summed E-state index contributed by atoms with van der Waals surface area (Å²) in [5.41, 5.74) is 1.82. The van der Waals surface area contributed by atoms with E-state index in [9.17, 15) is 9.59 Å². The van der Waals surface area contributed by atoms with E-state index in [4.69, 9.17) is 4.74 Å². The lowest BCUT2D eigenvalue weighted by molar-refractivity contribution is -0.160. The van der Waals surface area contributed by atoms with Gasteiger partial charge in [-0.1, -0.05) is 32.8 Å². The first-order valence-corrected chi connectivity index (χ1v) is 11.3. The minimum Gasteiger partial charge on any atom is -0.462 e. The smallest absolute Gasteiger partial charge is 0.306 e. The minimum atomic E-state index is 0.0115. The number of rotatable bonds is 4. The van der Waals surface area contributed by atoms with Crippen molar-refractivity contribution in [2.24, 2.45) is 28.6 Å². The Morgan fingerprint density at radius 2 is 1.93 bits per heavy atom. The zero-order valence-corrected chi connectivity index (χ0v) is 17.4. The zero-order valence-electron chi connectivity index (χ0n) is 17.4. The van der Waals surface area contributed by atoms with E-state index in [0.717, 1.165) is 44.4 Å². The van der Waals surface area contributed by atoms with Crippen LogP contribution in [0.1, 0.15) is 91.4 Å². The van der Waals surface area contributed by atoms with Crippen LogP contribution in [-0.4, -0.2) is 17.9 Å². The van der Waals surface area contributed by atoms with Crippen LogP contribution in [-0.2, 0) is 14.3 Å². The van der Waals surface area contributed by atoms with Crippen LogP contribution in [0.15, 0.2) is 11.6 Å².